The van der Waals surface area contributed by atoms with Gasteiger partial charge < -0.3 is 15.5 Å². The maximum atomic E-state index is 13.9. The van der Waals surface area contributed by atoms with E-state index in [9.17, 15) is 13.6 Å². The second-order valence-electron chi connectivity index (χ2n) is 8.86. The Labute approximate surface area is 187 Å². The number of carbonyl (C=O) groups excluding carboxylic acids is 1. The number of nitrogens with one attached hydrogen (secondary N) is 3. The van der Waals surface area contributed by atoms with E-state index in [4.69, 9.17) is 4.99 Å². The van der Waals surface area contributed by atoms with Crippen molar-refractivity contribution in [2.75, 3.05) is 19.4 Å². The summed E-state index contributed by atoms with van der Waals surface area (Å²) in [4.78, 5) is 19.4. The number of amides is 1. The third-order valence-electron chi connectivity index (χ3n) is 6.02. The smallest absolute Gasteiger partial charge is 0.254 e. The van der Waals surface area contributed by atoms with Gasteiger partial charge in [-0.05, 0) is 56.9 Å². The summed E-state index contributed by atoms with van der Waals surface area (Å²) in [7, 11) is 3.97. The molecule has 0 bridgehead atoms. The fourth-order valence-corrected chi connectivity index (χ4v) is 4.47. The Hall–Kier alpha value is -3.00. The van der Waals surface area contributed by atoms with Crippen LogP contribution in [0.3, 0.4) is 0 Å². The largest absolute Gasteiger partial charge is 0.362 e. The van der Waals surface area contributed by atoms with Crippen LogP contribution in [0.5, 0.6) is 0 Å². The van der Waals surface area contributed by atoms with Gasteiger partial charge in [-0.2, -0.15) is 0 Å². The average molecular weight is 442 g/mol. The molecular weight excluding hydrogens is 412 g/mol. The van der Waals surface area contributed by atoms with Gasteiger partial charge in [0, 0.05) is 43.5 Å². The van der Waals surface area contributed by atoms with Crippen molar-refractivity contribution in [2.24, 2.45) is 4.99 Å². The van der Waals surface area contributed by atoms with Crippen LogP contribution < -0.4 is 16.0 Å². The molecule has 2 aromatic rings. The van der Waals surface area contributed by atoms with E-state index in [1.165, 1.54) is 6.07 Å². The molecule has 170 valence electrons. The summed E-state index contributed by atoms with van der Waals surface area (Å²) in [5, 5.41) is 10.0. The minimum absolute atomic E-state index is 0.0429. The molecule has 3 N–H and O–H groups in total. The summed E-state index contributed by atoms with van der Waals surface area (Å²) in [5.41, 5.74) is 1.97. The van der Waals surface area contributed by atoms with E-state index in [1.54, 1.807) is 0 Å². The first-order chi connectivity index (χ1) is 15.2. The molecule has 1 saturated carbocycles. The van der Waals surface area contributed by atoms with E-state index in [2.05, 4.69) is 28.1 Å². The topological polar surface area (TPSA) is 68.8 Å². The number of halogens is 2. The predicted octanol–water partition coefficient (Wildman–Crippen LogP) is 3.70. The first-order valence-electron chi connectivity index (χ1n) is 10.9. The van der Waals surface area contributed by atoms with E-state index in [0.717, 1.165) is 54.9 Å². The first-order valence-corrected chi connectivity index (χ1v) is 10.9. The number of aliphatic imine (C=N–C) groups is 1. The summed E-state index contributed by atoms with van der Waals surface area (Å²) in [6.45, 7) is 2.03. The van der Waals surface area contributed by atoms with Crippen LogP contribution in [0.2, 0.25) is 0 Å². The van der Waals surface area contributed by atoms with Crippen molar-refractivity contribution in [3.05, 3.63) is 65.2 Å². The van der Waals surface area contributed by atoms with Gasteiger partial charge in [0.1, 0.15) is 17.5 Å². The minimum Gasteiger partial charge on any atom is -0.362 e. The Balaban J connectivity index is 1.37. The van der Waals surface area contributed by atoms with Gasteiger partial charge in [-0.25, -0.2) is 13.8 Å². The number of amidine groups is 1. The highest BCUT2D eigenvalue weighted by molar-refractivity contribution is 6.04. The van der Waals surface area contributed by atoms with Crippen molar-refractivity contribution in [2.45, 2.75) is 50.5 Å². The van der Waals surface area contributed by atoms with Crippen LogP contribution in [-0.4, -0.2) is 48.6 Å². The molecule has 1 aliphatic heterocycles. The molecule has 0 spiro atoms. The van der Waals surface area contributed by atoms with Gasteiger partial charge in [-0.1, -0.05) is 12.1 Å². The number of benzene rings is 2. The number of anilines is 1. The Morgan fingerprint density at radius 2 is 1.78 bits per heavy atom. The highest BCUT2D eigenvalue weighted by atomic mass is 19.1. The van der Waals surface area contributed by atoms with Gasteiger partial charge in [0.15, 0.2) is 5.79 Å². The van der Waals surface area contributed by atoms with Crippen LogP contribution in [-0.2, 0) is 0 Å². The number of hydrogen-bond acceptors (Lipinski definition) is 5. The SMILES string of the molecule is CN(C)C1=NC(C)(NC2CCC(NC(=O)c3ccc(F)cc3F)CC2)Nc2ccccc21. The molecule has 0 radical (unpaired) electrons. The van der Waals surface area contributed by atoms with Gasteiger partial charge >= 0.3 is 0 Å². The lowest BCUT2D eigenvalue weighted by Gasteiger charge is -2.40. The Kier molecular flexibility index (Phi) is 6.15. The summed E-state index contributed by atoms with van der Waals surface area (Å²) in [5.74, 6) is -1.78. The van der Waals surface area contributed by atoms with Crippen molar-refractivity contribution in [1.29, 1.82) is 0 Å². The molecule has 1 aliphatic carbocycles. The van der Waals surface area contributed by atoms with Crippen molar-refractivity contribution in [3.63, 3.8) is 0 Å². The Bertz CT molecular complexity index is 1030. The molecule has 1 atom stereocenters. The zero-order valence-corrected chi connectivity index (χ0v) is 18.6. The molecule has 1 amide bonds. The number of rotatable bonds is 4. The normalized spacial score (nSPS) is 24.7. The summed E-state index contributed by atoms with van der Waals surface area (Å²) < 4.78 is 27.0. The van der Waals surface area contributed by atoms with E-state index in [0.29, 0.717) is 0 Å². The van der Waals surface area contributed by atoms with Crippen LogP contribution in [0.1, 0.15) is 48.5 Å². The monoisotopic (exact) mass is 441 g/mol. The van der Waals surface area contributed by atoms with Crippen molar-refractivity contribution in [1.82, 2.24) is 15.5 Å². The van der Waals surface area contributed by atoms with Gasteiger partial charge in [-0.3, -0.25) is 10.1 Å². The van der Waals surface area contributed by atoms with E-state index >= 15 is 0 Å². The fraction of sp³-hybridized carbons (Fsp3) is 0.417. The number of nitrogens with zero attached hydrogens (tertiary/aromatic N) is 2. The molecular formula is C24H29F2N5O. The van der Waals surface area contributed by atoms with Crippen LogP contribution in [0, 0.1) is 11.6 Å². The summed E-state index contributed by atoms with van der Waals surface area (Å²) in [6, 6.07) is 11.3. The van der Waals surface area contributed by atoms with E-state index in [1.807, 2.05) is 38.1 Å². The molecule has 2 aromatic carbocycles. The molecule has 0 saturated heterocycles. The van der Waals surface area contributed by atoms with Crippen LogP contribution in [0.4, 0.5) is 14.5 Å². The number of para-hydroxylation sites is 1. The number of fused-ring (bicyclic) bond motifs is 1. The molecule has 1 fully saturated rings. The lowest BCUT2D eigenvalue weighted by molar-refractivity contribution is 0.0918. The number of carbonyl (C=O) groups is 1. The van der Waals surface area contributed by atoms with E-state index < -0.39 is 23.3 Å². The molecule has 4 rings (SSSR count). The van der Waals surface area contributed by atoms with Crippen LogP contribution >= 0.6 is 0 Å². The van der Waals surface area contributed by atoms with E-state index in [-0.39, 0.29) is 17.6 Å². The zero-order chi connectivity index (χ0) is 22.9. The Morgan fingerprint density at radius 3 is 2.47 bits per heavy atom. The lowest BCUT2D eigenvalue weighted by atomic mass is 9.90. The summed E-state index contributed by atoms with van der Waals surface area (Å²) in [6.07, 6.45) is 3.23. The van der Waals surface area contributed by atoms with Crippen molar-refractivity contribution in [3.8, 4) is 0 Å². The third-order valence-corrected chi connectivity index (χ3v) is 6.02. The van der Waals surface area contributed by atoms with Gasteiger partial charge in [0.25, 0.3) is 5.91 Å². The van der Waals surface area contributed by atoms with Gasteiger partial charge in [0.05, 0.1) is 5.56 Å². The van der Waals surface area contributed by atoms with Crippen LogP contribution in [0.15, 0.2) is 47.5 Å². The standard InChI is InChI=1S/C24H29F2N5O/c1-24(29-21-7-5-4-6-19(21)22(30-24)31(2)3)28-17-11-9-16(10-12-17)27-23(32)18-13-8-15(25)14-20(18)26/h4-8,13-14,16-17,28-29H,9-12H2,1-3H3,(H,27,32). The molecule has 0 aromatic heterocycles. The molecule has 1 heterocycles. The maximum Gasteiger partial charge on any atom is 0.254 e. The minimum atomic E-state index is -0.844. The molecule has 2 aliphatic rings. The van der Waals surface area contributed by atoms with Gasteiger partial charge in [-0.15, -0.1) is 0 Å². The zero-order valence-electron chi connectivity index (χ0n) is 18.6. The molecule has 6 nitrogen and oxygen atoms in total. The molecule has 1 unspecified atom stereocenters. The summed E-state index contributed by atoms with van der Waals surface area (Å²) >= 11 is 0. The maximum absolute atomic E-state index is 13.9. The third kappa shape index (κ3) is 4.75. The average Bonchev–Trinajstić information content (AvgIpc) is 2.74. The van der Waals surface area contributed by atoms with Gasteiger partial charge in [0.2, 0.25) is 0 Å². The highest BCUT2D eigenvalue weighted by Gasteiger charge is 2.34. The highest BCUT2D eigenvalue weighted by Crippen LogP contribution is 2.29. The fourth-order valence-electron chi connectivity index (χ4n) is 4.47. The lowest BCUT2D eigenvalue weighted by Crippen LogP contribution is -2.56. The molecule has 32 heavy (non-hydrogen) atoms. The first kappa shape index (κ1) is 22.2. The van der Waals surface area contributed by atoms with Crippen molar-refractivity contribution < 1.29 is 13.6 Å². The number of hydrogen-bond donors (Lipinski definition) is 3. The predicted molar refractivity (Wildman–Crippen MR) is 122 cm³/mol. The quantitative estimate of drug-likeness (QED) is 0.677. The second kappa shape index (κ2) is 8.86. The molecule has 8 heteroatoms. The Morgan fingerprint density at radius 1 is 1.09 bits per heavy atom. The second-order valence-corrected chi connectivity index (χ2v) is 8.86. The van der Waals surface area contributed by atoms with Crippen molar-refractivity contribution >= 4 is 17.4 Å². The van der Waals surface area contributed by atoms with Crippen LogP contribution in [0.25, 0.3) is 0 Å².